The predicted molar refractivity (Wildman–Crippen MR) is 172 cm³/mol. The van der Waals surface area contributed by atoms with Gasteiger partial charge >= 0.3 is 0 Å². The molecule has 3 nitrogen and oxygen atoms in total. The molecular formula is C38H28N2O. The van der Waals surface area contributed by atoms with Crippen molar-refractivity contribution in [2.24, 2.45) is 0 Å². The van der Waals surface area contributed by atoms with Crippen molar-refractivity contribution < 1.29 is 5.11 Å². The Morgan fingerprint density at radius 3 is 1.51 bits per heavy atom. The van der Waals surface area contributed by atoms with Gasteiger partial charge in [0.25, 0.3) is 0 Å². The molecular weight excluding hydrogens is 500 g/mol. The van der Waals surface area contributed by atoms with Crippen LogP contribution >= 0.6 is 0 Å². The van der Waals surface area contributed by atoms with E-state index in [0.29, 0.717) is 5.75 Å². The van der Waals surface area contributed by atoms with Gasteiger partial charge in [0, 0.05) is 32.9 Å². The van der Waals surface area contributed by atoms with Crippen molar-refractivity contribution in [1.82, 2.24) is 9.13 Å². The molecule has 0 saturated carbocycles. The van der Waals surface area contributed by atoms with Gasteiger partial charge in [0.1, 0.15) is 5.75 Å². The average Bonchev–Trinajstić information content (AvgIpc) is 3.52. The summed E-state index contributed by atoms with van der Waals surface area (Å²) in [4.78, 5) is 0. The van der Waals surface area contributed by atoms with Crippen molar-refractivity contribution in [2.75, 3.05) is 0 Å². The molecule has 0 atom stereocenters. The predicted octanol–water partition coefficient (Wildman–Crippen LogP) is 9.87. The number of hydrogen-bond acceptors (Lipinski definition) is 1. The number of fused-ring (bicyclic) bond motifs is 6. The van der Waals surface area contributed by atoms with Crippen molar-refractivity contribution in [3.8, 4) is 28.3 Å². The van der Waals surface area contributed by atoms with Crippen molar-refractivity contribution in [2.45, 2.75) is 13.8 Å². The molecule has 8 rings (SSSR count). The zero-order chi connectivity index (χ0) is 27.7. The third-order valence-corrected chi connectivity index (χ3v) is 8.42. The zero-order valence-electron chi connectivity index (χ0n) is 23.0. The van der Waals surface area contributed by atoms with Crippen LogP contribution in [0.25, 0.3) is 66.1 Å². The summed E-state index contributed by atoms with van der Waals surface area (Å²) in [6.07, 6.45) is 0. The maximum absolute atomic E-state index is 10.4. The van der Waals surface area contributed by atoms with Gasteiger partial charge in [-0.2, -0.15) is 0 Å². The Balaban J connectivity index is 1.33. The van der Waals surface area contributed by atoms with E-state index in [4.69, 9.17) is 0 Å². The summed E-state index contributed by atoms with van der Waals surface area (Å²) in [5.74, 6) is 0.361. The van der Waals surface area contributed by atoms with E-state index in [1.54, 1.807) is 0 Å². The number of aromatic nitrogens is 2. The Labute approximate surface area is 238 Å². The minimum atomic E-state index is 0.361. The SMILES string of the molecule is Cc1cc(-n2c3ccccc3c3cc(-c4cccc(-n5c6ccccc6c6ccccc65)c4)ccc32)cc(C)c1O. The molecule has 0 fully saturated rings. The van der Waals surface area contributed by atoms with E-state index in [1.807, 2.05) is 13.8 Å². The largest absolute Gasteiger partial charge is 0.507 e. The second-order valence-corrected chi connectivity index (χ2v) is 10.9. The van der Waals surface area contributed by atoms with Gasteiger partial charge in [-0.3, -0.25) is 0 Å². The first-order chi connectivity index (χ1) is 20.1. The van der Waals surface area contributed by atoms with Crippen LogP contribution in [0.1, 0.15) is 11.1 Å². The molecule has 0 unspecified atom stereocenters. The monoisotopic (exact) mass is 528 g/mol. The number of benzene rings is 6. The molecule has 2 aromatic heterocycles. The smallest absolute Gasteiger partial charge is 0.121 e. The normalized spacial score (nSPS) is 11.8. The van der Waals surface area contributed by atoms with Gasteiger partial charge in [-0.05, 0) is 90.7 Å². The molecule has 41 heavy (non-hydrogen) atoms. The lowest BCUT2D eigenvalue weighted by atomic mass is 10.0. The fourth-order valence-electron chi connectivity index (χ4n) is 6.52. The highest BCUT2D eigenvalue weighted by atomic mass is 16.3. The Morgan fingerprint density at radius 1 is 0.415 bits per heavy atom. The third kappa shape index (κ3) is 3.52. The maximum Gasteiger partial charge on any atom is 0.121 e. The van der Waals surface area contributed by atoms with Crippen LogP contribution in [-0.2, 0) is 0 Å². The van der Waals surface area contributed by atoms with Gasteiger partial charge in [0.2, 0.25) is 0 Å². The number of phenols is 1. The molecule has 3 heteroatoms. The molecule has 0 aliphatic rings. The minimum absolute atomic E-state index is 0.361. The second-order valence-electron chi connectivity index (χ2n) is 10.9. The van der Waals surface area contributed by atoms with Gasteiger partial charge in [0.15, 0.2) is 0 Å². The van der Waals surface area contributed by atoms with Crippen LogP contribution in [0.4, 0.5) is 0 Å². The van der Waals surface area contributed by atoms with E-state index in [9.17, 15) is 5.11 Å². The van der Waals surface area contributed by atoms with Crippen LogP contribution in [-0.4, -0.2) is 14.2 Å². The molecule has 196 valence electrons. The quantitative estimate of drug-likeness (QED) is 0.243. The first-order valence-corrected chi connectivity index (χ1v) is 14.0. The third-order valence-electron chi connectivity index (χ3n) is 8.42. The number of aromatic hydroxyl groups is 1. The molecule has 0 saturated heterocycles. The molecule has 0 aliphatic carbocycles. The van der Waals surface area contributed by atoms with Crippen molar-refractivity contribution in [3.63, 3.8) is 0 Å². The topological polar surface area (TPSA) is 30.1 Å². The first kappa shape index (κ1) is 23.6. The summed E-state index contributed by atoms with van der Waals surface area (Å²) in [7, 11) is 0. The van der Waals surface area contributed by atoms with Gasteiger partial charge in [0.05, 0.1) is 22.1 Å². The lowest BCUT2D eigenvalue weighted by molar-refractivity contribution is 0.467. The van der Waals surface area contributed by atoms with Crippen LogP contribution in [0.15, 0.2) is 127 Å². The summed E-state index contributed by atoms with van der Waals surface area (Å²) in [6, 6.07) is 45.6. The molecule has 6 aromatic carbocycles. The summed E-state index contributed by atoms with van der Waals surface area (Å²) in [6.45, 7) is 3.92. The van der Waals surface area contributed by atoms with Crippen molar-refractivity contribution in [3.05, 3.63) is 139 Å². The molecule has 0 amide bonds. The van der Waals surface area contributed by atoms with Crippen LogP contribution in [0.3, 0.4) is 0 Å². The van der Waals surface area contributed by atoms with E-state index >= 15 is 0 Å². The molecule has 0 spiro atoms. The summed E-state index contributed by atoms with van der Waals surface area (Å²) >= 11 is 0. The van der Waals surface area contributed by atoms with Gasteiger partial charge < -0.3 is 14.2 Å². The number of hydrogen-bond donors (Lipinski definition) is 1. The van der Waals surface area contributed by atoms with Crippen LogP contribution in [0.2, 0.25) is 0 Å². The highest BCUT2D eigenvalue weighted by molar-refractivity contribution is 6.11. The van der Waals surface area contributed by atoms with E-state index < -0.39 is 0 Å². The standard InChI is InChI=1S/C38H28N2O/c1-24-20-29(21-25(2)38(24)41)40-36-17-8-5-14-32(36)33-23-27(18-19-37(33)40)26-10-9-11-28(22-26)39-34-15-6-3-12-30(34)31-13-4-7-16-35(31)39/h3-23,41H,1-2H3. The molecule has 0 bridgehead atoms. The second kappa shape index (κ2) is 8.87. The molecule has 0 radical (unpaired) electrons. The fourth-order valence-corrected chi connectivity index (χ4v) is 6.52. The maximum atomic E-state index is 10.4. The highest BCUT2D eigenvalue weighted by Crippen LogP contribution is 2.38. The lowest BCUT2D eigenvalue weighted by Gasteiger charge is -2.12. The van der Waals surface area contributed by atoms with Crippen LogP contribution in [0, 0.1) is 13.8 Å². The van der Waals surface area contributed by atoms with E-state index in [1.165, 1.54) is 43.7 Å². The van der Waals surface area contributed by atoms with Gasteiger partial charge in [-0.15, -0.1) is 0 Å². The van der Waals surface area contributed by atoms with Gasteiger partial charge in [-0.1, -0.05) is 72.8 Å². The van der Waals surface area contributed by atoms with Crippen molar-refractivity contribution in [1.29, 1.82) is 0 Å². The molecule has 8 aromatic rings. The Morgan fingerprint density at radius 2 is 0.902 bits per heavy atom. The van der Waals surface area contributed by atoms with Crippen LogP contribution in [0.5, 0.6) is 5.75 Å². The minimum Gasteiger partial charge on any atom is -0.507 e. The number of rotatable bonds is 3. The first-order valence-electron chi connectivity index (χ1n) is 14.0. The number of nitrogens with zero attached hydrogens (tertiary/aromatic N) is 2. The molecule has 0 aliphatic heterocycles. The summed E-state index contributed by atoms with van der Waals surface area (Å²) in [5.41, 5.74) is 11.1. The van der Waals surface area contributed by atoms with E-state index in [0.717, 1.165) is 33.5 Å². The lowest BCUT2D eigenvalue weighted by Crippen LogP contribution is -1.96. The Kier molecular flexibility index (Phi) is 5.10. The fraction of sp³-hybridized carbons (Fsp3) is 0.0526. The Hall–Kier alpha value is -5.28. The zero-order valence-corrected chi connectivity index (χ0v) is 23.0. The Bertz CT molecular complexity index is 2220. The van der Waals surface area contributed by atoms with E-state index in [-0.39, 0.29) is 0 Å². The number of phenolic OH excluding ortho intramolecular Hbond substituents is 1. The summed E-state index contributed by atoms with van der Waals surface area (Å²) in [5, 5.41) is 15.4. The van der Waals surface area contributed by atoms with E-state index in [2.05, 4.69) is 137 Å². The van der Waals surface area contributed by atoms with Crippen molar-refractivity contribution >= 4 is 43.6 Å². The van der Waals surface area contributed by atoms with Crippen LogP contribution < -0.4 is 0 Å². The number of aryl methyl sites for hydroxylation is 2. The van der Waals surface area contributed by atoms with Gasteiger partial charge in [-0.25, -0.2) is 0 Å². The molecule has 1 N–H and O–H groups in total. The molecule has 2 heterocycles. The number of para-hydroxylation sites is 3. The highest BCUT2D eigenvalue weighted by Gasteiger charge is 2.16. The average molecular weight is 529 g/mol. The summed E-state index contributed by atoms with van der Waals surface area (Å²) < 4.78 is 4.68.